The summed E-state index contributed by atoms with van der Waals surface area (Å²) in [7, 11) is 1.57. The number of nitrogens with one attached hydrogen (secondary N) is 2. The minimum atomic E-state index is -0.114. The lowest BCUT2D eigenvalue weighted by Gasteiger charge is -2.02. The average Bonchev–Trinajstić information content (AvgIpc) is 2.16. The molecule has 5 nitrogen and oxygen atoms in total. The Balaban J connectivity index is 2.46. The molecule has 0 aliphatic rings. The molecule has 2 N–H and O–H groups in total. The highest BCUT2D eigenvalue weighted by Crippen LogP contribution is 2.04. The van der Waals surface area contributed by atoms with Gasteiger partial charge in [-0.15, -0.1) is 10.2 Å². The van der Waals surface area contributed by atoms with Gasteiger partial charge in [0.1, 0.15) is 5.82 Å². The Kier molecular flexibility index (Phi) is 3.45. The number of amides is 1. The Morgan fingerprint density at radius 3 is 2.85 bits per heavy atom. The first-order valence-corrected chi connectivity index (χ1v) is 4.04. The quantitative estimate of drug-likeness (QED) is 0.736. The molecule has 70 valence electrons. The standard InChI is InChI=1S/C7H9ClN4O/c1-9-7(13)4-10-6-3-2-5(8)11-12-6/h2-3H,4H2,1H3,(H,9,13)(H,10,12). The van der Waals surface area contributed by atoms with Crippen LogP contribution in [0, 0.1) is 0 Å². The van der Waals surface area contributed by atoms with Crippen LogP contribution in [0.1, 0.15) is 0 Å². The molecule has 0 saturated carbocycles. The second-order valence-electron chi connectivity index (χ2n) is 2.27. The largest absolute Gasteiger partial charge is 0.360 e. The highest BCUT2D eigenvalue weighted by Gasteiger charge is 1.98. The van der Waals surface area contributed by atoms with E-state index in [1.165, 1.54) is 0 Å². The minimum Gasteiger partial charge on any atom is -0.360 e. The van der Waals surface area contributed by atoms with E-state index in [1.807, 2.05) is 0 Å². The molecule has 0 radical (unpaired) electrons. The first-order chi connectivity index (χ1) is 6.22. The van der Waals surface area contributed by atoms with Crippen molar-refractivity contribution in [2.75, 3.05) is 18.9 Å². The van der Waals surface area contributed by atoms with Crippen LogP contribution in [-0.4, -0.2) is 29.7 Å². The average molecular weight is 201 g/mol. The van der Waals surface area contributed by atoms with Crippen molar-refractivity contribution in [2.24, 2.45) is 0 Å². The van der Waals surface area contributed by atoms with E-state index in [0.29, 0.717) is 11.0 Å². The summed E-state index contributed by atoms with van der Waals surface area (Å²) in [6, 6.07) is 3.25. The van der Waals surface area contributed by atoms with Gasteiger partial charge >= 0.3 is 0 Å². The first kappa shape index (κ1) is 9.73. The molecule has 0 saturated heterocycles. The van der Waals surface area contributed by atoms with E-state index < -0.39 is 0 Å². The number of likely N-dealkylation sites (N-methyl/N-ethyl adjacent to an activating group) is 1. The van der Waals surface area contributed by atoms with Crippen molar-refractivity contribution in [3.05, 3.63) is 17.3 Å². The van der Waals surface area contributed by atoms with Gasteiger partial charge in [0.25, 0.3) is 0 Å². The molecule has 1 amide bonds. The van der Waals surface area contributed by atoms with E-state index in [9.17, 15) is 4.79 Å². The third kappa shape index (κ3) is 3.25. The fourth-order valence-electron chi connectivity index (χ4n) is 0.670. The number of carbonyl (C=O) groups is 1. The lowest BCUT2D eigenvalue weighted by Crippen LogP contribution is -2.26. The first-order valence-electron chi connectivity index (χ1n) is 3.66. The number of anilines is 1. The molecule has 0 aliphatic carbocycles. The maximum absolute atomic E-state index is 10.8. The normalized spacial score (nSPS) is 9.38. The van der Waals surface area contributed by atoms with Gasteiger partial charge in [0.05, 0.1) is 6.54 Å². The van der Waals surface area contributed by atoms with Crippen molar-refractivity contribution in [1.82, 2.24) is 15.5 Å². The van der Waals surface area contributed by atoms with Gasteiger partial charge in [-0.3, -0.25) is 4.79 Å². The second-order valence-corrected chi connectivity index (χ2v) is 2.66. The lowest BCUT2D eigenvalue weighted by molar-refractivity contribution is -0.118. The number of rotatable bonds is 3. The van der Waals surface area contributed by atoms with Crippen molar-refractivity contribution in [3.63, 3.8) is 0 Å². The van der Waals surface area contributed by atoms with Crippen LogP contribution in [0.25, 0.3) is 0 Å². The Labute approximate surface area is 80.5 Å². The van der Waals surface area contributed by atoms with Crippen LogP contribution in [0.5, 0.6) is 0 Å². The topological polar surface area (TPSA) is 66.9 Å². The third-order valence-electron chi connectivity index (χ3n) is 1.34. The monoisotopic (exact) mass is 200 g/mol. The fourth-order valence-corrected chi connectivity index (χ4v) is 0.770. The molecule has 6 heteroatoms. The van der Waals surface area contributed by atoms with Gasteiger partial charge in [0, 0.05) is 7.05 Å². The molecular weight excluding hydrogens is 192 g/mol. The molecule has 1 heterocycles. The van der Waals surface area contributed by atoms with Gasteiger partial charge < -0.3 is 10.6 Å². The van der Waals surface area contributed by atoms with E-state index in [1.54, 1.807) is 19.2 Å². The van der Waals surface area contributed by atoms with E-state index in [-0.39, 0.29) is 12.5 Å². The molecule has 0 aliphatic heterocycles. The summed E-state index contributed by atoms with van der Waals surface area (Å²) in [6.45, 7) is 0.173. The summed E-state index contributed by atoms with van der Waals surface area (Å²) in [4.78, 5) is 10.8. The van der Waals surface area contributed by atoms with E-state index in [4.69, 9.17) is 11.6 Å². The number of aromatic nitrogens is 2. The number of nitrogens with zero attached hydrogens (tertiary/aromatic N) is 2. The molecule has 0 unspecified atom stereocenters. The molecule has 13 heavy (non-hydrogen) atoms. The highest BCUT2D eigenvalue weighted by molar-refractivity contribution is 6.29. The highest BCUT2D eigenvalue weighted by atomic mass is 35.5. The van der Waals surface area contributed by atoms with Crippen molar-refractivity contribution in [2.45, 2.75) is 0 Å². The summed E-state index contributed by atoms with van der Waals surface area (Å²) in [5, 5.41) is 12.9. The Bertz CT molecular complexity index is 287. The summed E-state index contributed by atoms with van der Waals surface area (Å²) >= 11 is 5.52. The molecule has 0 aromatic carbocycles. The van der Waals surface area contributed by atoms with Gasteiger partial charge in [-0.1, -0.05) is 11.6 Å². The van der Waals surface area contributed by atoms with Crippen LogP contribution < -0.4 is 10.6 Å². The fraction of sp³-hybridized carbons (Fsp3) is 0.286. The van der Waals surface area contributed by atoms with Crippen LogP contribution in [0.15, 0.2) is 12.1 Å². The molecule has 1 rings (SSSR count). The summed E-state index contributed by atoms with van der Waals surface area (Å²) < 4.78 is 0. The van der Waals surface area contributed by atoms with E-state index >= 15 is 0 Å². The van der Waals surface area contributed by atoms with Gasteiger partial charge in [0.2, 0.25) is 5.91 Å². The molecule has 1 aromatic rings. The zero-order valence-electron chi connectivity index (χ0n) is 7.04. The van der Waals surface area contributed by atoms with Gasteiger partial charge in [-0.05, 0) is 12.1 Å². The summed E-state index contributed by atoms with van der Waals surface area (Å²) in [5.74, 6) is 0.407. The number of halogens is 1. The lowest BCUT2D eigenvalue weighted by atomic mass is 10.5. The van der Waals surface area contributed by atoms with Crippen molar-refractivity contribution < 1.29 is 4.79 Å². The minimum absolute atomic E-state index is 0.114. The van der Waals surface area contributed by atoms with Crippen molar-refractivity contribution >= 4 is 23.3 Å². The van der Waals surface area contributed by atoms with Gasteiger partial charge in [-0.25, -0.2) is 0 Å². The van der Waals surface area contributed by atoms with Crippen LogP contribution in [0.3, 0.4) is 0 Å². The molecule has 1 aromatic heterocycles. The molecule has 0 spiro atoms. The summed E-state index contributed by atoms with van der Waals surface area (Å²) in [6.07, 6.45) is 0. The Hall–Kier alpha value is -1.36. The molecule has 0 bridgehead atoms. The zero-order valence-corrected chi connectivity index (χ0v) is 7.80. The summed E-state index contributed by atoms with van der Waals surface area (Å²) in [5.41, 5.74) is 0. The number of hydrogen-bond donors (Lipinski definition) is 2. The van der Waals surface area contributed by atoms with Crippen LogP contribution in [-0.2, 0) is 4.79 Å². The zero-order chi connectivity index (χ0) is 9.68. The predicted molar refractivity (Wildman–Crippen MR) is 49.6 cm³/mol. The van der Waals surface area contributed by atoms with Gasteiger partial charge in [0.15, 0.2) is 5.15 Å². The maximum Gasteiger partial charge on any atom is 0.239 e. The third-order valence-corrected chi connectivity index (χ3v) is 1.54. The molecular formula is C7H9ClN4O. The van der Waals surface area contributed by atoms with Crippen LogP contribution >= 0.6 is 11.6 Å². The van der Waals surface area contributed by atoms with Crippen molar-refractivity contribution in [3.8, 4) is 0 Å². The smallest absolute Gasteiger partial charge is 0.239 e. The SMILES string of the molecule is CNC(=O)CNc1ccc(Cl)nn1. The molecule has 0 atom stereocenters. The predicted octanol–water partition coefficient (Wildman–Crippen LogP) is 0.288. The van der Waals surface area contributed by atoms with Crippen molar-refractivity contribution in [1.29, 1.82) is 0 Å². The Morgan fingerprint density at radius 1 is 1.54 bits per heavy atom. The second kappa shape index (κ2) is 4.61. The Morgan fingerprint density at radius 2 is 2.31 bits per heavy atom. The number of hydrogen-bond acceptors (Lipinski definition) is 4. The maximum atomic E-state index is 10.8. The van der Waals surface area contributed by atoms with E-state index in [2.05, 4.69) is 20.8 Å². The number of carbonyl (C=O) groups excluding carboxylic acids is 1. The van der Waals surface area contributed by atoms with E-state index in [0.717, 1.165) is 0 Å². The van der Waals surface area contributed by atoms with Crippen LogP contribution in [0.2, 0.25) is 5.15 Å². The van der Waals surface area contributed by atoms with Gasteiger partial charge in [-0.2, -0.15) is 0 Å². The van der Waals surface area contributed by atoms with Crippen LogP contribution in [0.4, 0.5) is 5.82 Å². The molecule has 0 fully saturated rings.